The molecule has 0 rings (SSSR count). The topological polar surface area (TPSA) is 141 Å². The lowest BCUT2D eigenvalue weighted by atomic mass is 10.2. The number of aliphatic hydroxyl groups is 2. The second-order valence-electron chi connectivity index (χ2n) is 1.90. The van der Waals surface area contributed by atoms with Gasteiger partial charge in [-0.15, -0.1) is 0 Å². The van der Waals surface area contributed by atoms with Crippen molar-refractivity contribution in [3.63, 3.8) is 0 Å². The molecule has 0 aliphatic carbocycles. The summed E-state index contributed by atoms with van der Waals surface area (Å²) in [4.78, 5) is 28.5. The molecule has 0 radical (unpaired) electrons. The smallest absolute Gasteiger partial charge is 0.335 e. The van der Waals surface area contributed by atoms with Crippen molar-refractivity contribution in [2.24, 2.45) is 0 Å². The summed E-state index contributed by atoms with van der Waals surface area (Å²) in [5.74, 6) is -3.54. The van der Waals surface area contributed by atoms with Crippen molar-refractivity contribution in [2.45, 2.75) is 12.2 Å². The number of carboxylic acid groups (broad SMARTS) is 2. The molecule has 14 heavy (non-hydrogen) atoms. The number of methoxy groups -OCH3 is 1. The molecule has 0 aromatic rings. The van der Waals surface area contributed by atoms with Gasteiger partial charge < -0.3 is 25.2 Å². The molecular weight excluding hydrogens is 200 g/mol. The number of rotatable bonds is 4. The highest BCUT2D eigenvalue weighted by atomic mass is 16.5. The van der Waals surface area contributed by atoms with Gasteiger partial charge in [-0.2, -0.15) is 0 Å². The van der Waals surface area contributed by atoms with Gasteiger partial charge in [0.2, 0.25) is 0 Å². The molecule has 0 heterocycles. The fourth-order valence-corrected chi connectivity index (χ4v) is 0.270. The predicted octanol–water partition coefficient (Wildman–Crippen LogP) is -2.33. The second-order valence-corrected chi connectivity index (χ2v) is 1.90. The minimum Gasteiger partial charge on any atom is -0.479 e. The van der Waals surface area contributed by atoms with Crippen LogP contribution in [0.2, 0.25) is 0 Å². The van der Waals surface area contributed by atoms with Crippen LogP contribution < -0.4 is 0 Å². The van der Waals surface area contributed by atoms with E-state index in [1.807, 2.05) is 0 Å². The largest absolute Gasteiger partial charge is 0.479 e. The van der Waals surface area contributed by atoms with Gasteiger partial charge in [0.15, 0.2) is 12.2 Å². The van der Waals surface area contributed by atoms with Gasteiger partial charge in [0.05, 0.1) is 7.11 Å². The molecule has 8 heteroatoms. The summed E-state index contributed by atoms with van der Waals surface area (Å²) in [6.07, 6.45) is -4.53. The summed E-state index contributed by atoms with van der Waals surface area (Å²) in [7, 11) is 1.31. The van der Waals surface area contributed by atoms with Gasteiger partial charge in [-0.05, 0) is 0 Å². The maximum Gasteiger partial charge on any atom is 0.335 e. The molecule has 4 N–H and O–H groups in total. The van der Waals surface area contributed by atoms with Crippen molar-refractivity contribution in [1.29, 1.82) is 0 Å². The van der Waals surface area contributed by atoms with Crippen LogP contribution in [0.1, 0.15) is 0 Å². The van der Waals surface area contributed by atoms with Crippen LogP contribution in [0.4, 0.5) is 0 Å². The normalized spacial score (nSPS) is 12.8. The lowest BCUT2D eigenvalue weighted by Gasteiger charge is -2.07. The molecule has 0 aliphatic rings. The third kappa shape index (κ3) is 7.00. The van der Waals surface area contributed by atoms with Crippen molar-refractivity contribution >= 4 is 18.4 Å². The van der Waals surface area contributed by atoms with Crippen molar-refractivity contribution in [2.75, 3.05) is 7.11 Å². The summed E-state index contributed by atoms with van der Waals surface area (Å²) in [6.45, 7) is 0.375. The molecule has 0 aromatic carbocycles. The van der Waals surface area contributed by atoms with Gasteiger partial charge in [-0.3, -0.25) is 4.79 Å². The second kappa shape index (κ2) is 7.95. The molecule has 0 aromatic heterocycles. The van der Waals surface area contributed by atoms with E-state index in [1.165, 1.54) is 7.11 Å². The van der Waals surface area contributed by atoms with Crippen LogP contribution in [0.25, 0.3) is 0 Å². The maximum atomic E-state index is 9.77. The first-order valence-corrected chi connectivity index (χ1v) is 3.16. The molecule has 0 fully saturated rings. The molecule has 82 valence electrons. The fourth-order valence-electron chi connectivity index (χ4n) is 0.270. The molecule has 0 spiro atoms. The van der Waals surface area contributed by atoms with E-state index in [-0.39, 0.29) is 0 Å². The van der Waals surface area contributed by atoms with Gasteiger partial charge in [0, 0.05) is 0 Å². The van der Waals surface area contributed by atoms with Crippen molar-refractivity contribution in [1.82, 2.24) is 0 Å². The first-order chi connectivity index (χ1) is 6.38. The van der Waals surface area contributed by atoms with Gasteiger partial charge in [-0.1, -0.05) is 0 Å². The molecule has 2 unspecified atom stereocenters. The van der Waals surface area contributed by atoms with Crippen LogP contribution in [-0.2, 0) is 19.1 Å². The summed E-state index contributed by atoms with van der Waals surface area (Å²) < 4.78 is 3.86. The van der Waals surface area contributed by atoms with E-state index in [9.17, 15) is 9.59 Å². The third-order valence-electron chi connectivity index (χ3n) is 0.901. The summed E-state index contributed by atoms with van der Waals surface area (Å²) in [6, 6.07) is 0. The number of carbonyl (C=O) groups excluding carboxylic acids is 1. The minimum atomic E-state index is -2.27. The van der Waals surface area contributed by atoms with Crippen LogP contribution in [0.15, 0.2) is 0 Å². The lowest BCUT2D eigenvalue weighted by molar-refractivity contribution is -0.165. The third-order valence-corrected chi connectivity index (χ3v) is 0.901. The Morgan fingerprint density at radius 1 is 1.14 bits per heavy atom. The first kappa shape index (κ1) is 14.8. The minimum absolute atomic E-state index is 0.375. The Balaban J connectivity index is 0. The van der Waals surface area contributed by atoms with Crippen molar-refractivity contribution in [3.05, 3.63) is 0 Å². The molecule has 2 atom stereocenters. The van der Waals surface area contributed by atoms with E-state index in [0.717, 1.165) is 0 Å². The standard InChI is InChI=1S/C4H6O6.C2H4O2/c5-1(3(7)8)2(6)4(9)10;1-4-2-3/h1-2,5-6H,(H,7,8)(H,9,10);2H,1H3. The first-order valence-electron chi connectivity index (χ1n) is 3.16. The zero-order valence-electron chi connectivity index (χ0n) is 7.15. The Morgan fingerprint density at radius 2 is 1.36 bits per heavy atom. The summed E-state index contributed by atoms with van der Waals surface area (Å²) in [5.41, 5.74) is 0. The van der Waals surface area contributed by atoms with E-state index in [2.05, 4.69) is 4.74 Å². The maximum absolute atomic E-state index is 9.77. The highest BCUT2D eigenvalue weighted by Gasteiger charge is 2.29. The Labute approximate surface area is 78.3 Å². The van der Waals surface area contributed by atoms with Gasteiger partial charge in [0.1, 0.15) is 0 Å². The number of ether oxygens (including phenoxy) is 1. The summed E-state index contributed by atoms with van der Waals surface area (Å²) >= 11 is 0. The van der Waals surface area contributed by atoms with Gasteiger partial charge >= 0.3 is 11.9 Å². The highest BCUT2D eigenvalue weighted by molar-refractivity contribution is 5.83. The van der Waals surface area contributed by atoms with Crippen molar-refractivity contribution in [3.8, 4) is 0 Å². The lowest BCUT2D eigenvalue weighted by Crippen LogP contribution is -2.39. The SMILES string of the molecule is COC=O.O=C(O)C(O)C(O)C(=O)O. The molecule has 0 saturated heterocycles. The Bertz CT molecular complexity index is 182. The van der Waals surface area contributed by atoms with Gasteiger partial charge in [0.25, 0.3) is 6.47 Å². The van der Waals surface area contributed by atoms with Crippen LogP contribution in [0.3, 0.4) is 0 Å². The molecule has 0 bridgehead atoms. The molecule has 8 nitrogen and oxygen atoms in total. The number of carboxylic acids is 2. The van der Waals surface area contributed by atoms with Crippen molar-refractivity contribution < 1.29 is 39.5 Å². The Morgan fingerprint density at radius 3 is 1.43 bits per heavy atom. The quantitative estimate of drug-likeness (QED) is 0.378. The van der Waals surface area contributed by atoms with E-state index in [0.29, 0.717) is 6.47 Å². The number of aliphatic carboxylic acids is 2. The monoisotopic (exact) mass is 210 g/mol. The van der Waals surface area contributed by atoms with Crippen LogP contribution in [-0.4, -0.2) is 58.2 Å². The number of hydrogen-bond acceptors (Lipinski definition) is 6. The zero-order chi connectivity index (χ0) is 11.7. The Kier molecular flexibility index (Phi) is 8.43. The van der Waals surface area contributed by atoms with E-state index in [1.54, 1.807) is 0 Å². The molecular formula is C6H10O8. The number of aliphatic hydroxyl groups excluding tert-OH is 2. The van der Waals surface area contributed by atoms with E-state index in [4.69, 9.17) is 25.2 Å². The van der Waals surface area contributed by atoms with E-state index < -0.39 is 24.1 Å². The predicted molar refractivity (Wildman–Crippen MR) is 40.4 cm³/mol. The van der Waals surface area contributed by atoms with E-state index >= 15 is 0 Å². The number of carbonyl (C=O) groups is 3. The van der Waals surface area contributed by atoms with Crippen LogP contribution >= 0.6 is 0 Å². The molecule has 0 saturated carbocycles. The van der Waals surface area contributed by atoms with Crippen LogP contribution in [0.5, 0.6) is 0 Å². The van der Waals surface area contributed by atoms with Crippen LogP contribution in [0, 0.1) is 0 Å². The number of hydrogen-bond donors (Lipinski definition) is 4. The average Bonchev–Trinajstić information content (AvgIpc) is 2.15. The average molecular weight is 210 g/mol. The fraction of sp³-hybridized carbons (Fsp3) is 0.500. The Hall–Kier alpha value is -1.67. The molecule has 0 aliphatic heterocycles. The molecule has 0 amide bonds. The summed E-state index contributed by atoms with van der Waals surface area (Å²) in [5, 5.41) is 32.5. The highest BCUT2D eigenvalue weighted by Crippen LogP contribution is 1.92. The van der Waals surface area contributed by atoms with Gasteiger partial charge in [-0.25, -0.2) is 9.59 Å². The zero-order valence-corrected chi connectivity index (χ0v) is 7.15.